The van der Waals surface area contributed by atoms with Gasteiger partial charge in [-0.2, -0.15) is 0 Å². The minimum absolute atomic E-state index is 0.00294. The topological polar surface area (TPSA) is 75.0 Å². The van der Waals surface area contributed by atoms with Crippen molar-refractivity contribution in [2.75, 3.05) is 51.2 Å². The van der Waals surface area contributed by atoms with Gasteiger partial charge in [-0.1, -0.05) is 28.1 Å². The zero-order chi connectivity index (χ0) is 21.6. The lowest BCUT2D eigenvalue weighted by atomic mass is 10.2. The normalized spacial score (nSPS) is 14.5. The number of piperazine rings is 1. The Balaban J connectivity index is 1.21. The van der Waals surface area contributed by atoms with Crippen LogP contribution in [0, 0.1) is 0 Å². The van der Waals surface area contributed by atoms with Gasteiger partial charge in [-0.05, 0) is 36.4 Å². The number of fused-ring (bicyclic) bond motifs is 1. The van der Waals surface area contributed by atoms with E-state index < -0.39 is 0 Å². The fourth-order valence-electron chi connectivity index (χ4n) is 3.59. The first-order valence-electron chi connectivity index (χ1n) is 10.2. The zero-order valence-corrected chi connectivity index (χ0v) is 18.6. The number of halogens is 1. The van der Waals surface area contributed by atoms with Gasteiger partial charge in [0, 0.05) is 55.2 Å². The zero-order valence-electron chi connectivity index (χ0n) is 17.1. The number of carbonyl (C=O) groups is 1. The number of ether oxygens (including phenoxy) is 1. The van der Waals surface area contributed by atoms with Crippen LogP contribution in [0.25, 0.3) is 11.0 Å². The van der Waals surface area contributed by atoms with Crippen LogP contribution in [-0.2, 0) is 4.79 Å². The van der Waals surface area contributed by atoms with Crippen molar-refractivity contribution in [1.82, 2.24) is 9.80 Å². The van der Waals surface area contributed by atoms with E-state index in [-0.39, 0.29) is 18.1 Å². The van der Waals surface area contributed by atoms with E-state index in [1.165, 1.54) is 6.07 Å². The highest BCUT2D eigenvalue weighted by Crippen LogP contribution is 2.20. The average molecular weight is 486 g/mol. The molecule has 0 aliphatic carbocycles. The Bertz CT molecular complexity index is 1090. The highest BCUT2D eigenvalue weighted by atomic mass is 79.9. The van der Waals surface area contributed by atoms with Gasteiger partial charge < -0.3 is 19.4 Å². The maximum absolute atomic E-state index is 12.4. The van der Waals surface area contributed by atoms with E-state index in [0.717, 1.165) is 35.2 Å². The number of carbonyl (C=O) groups excluding carboxylic acids is 1. The van der Waals surface area contributed by atoms with Crippen LogP contribution < -0.4 is 15.7 Å². The van der Waals surface area contributed by atoms with Gasteiger partial charge in [0.15, 0.2) is 6.61 Å². The fourth-order valence-corrected chi connectivity index (χ4v) is 3.86. The van der Waals surface area contributed by atoms with Crippen molar-refractivity contribution in [2.24, 2.45) is 0 Å². The molecule has 4 rings (SSSR count). The van der Waals surface area contributed by atoms with E-state index >= 15 is 0 Å². The van der Waals surface area contributed by atoms with Crippen LogP contribution in [0.3, 0.4) is 0 Å². The van der Waals surface area contributed by atoms with E-state index in [2.05, 4.69) is 26.1 Å². The summed E-state index contributed by atoms with van der Waals surface area (Å²) in [6.45, 7) is 4.56. The number of nitrogens with one attached hydrogen (secondary N) is 1. The molecular formula is C23H24BrN3O4. The molecule has 1 saturated heterocycles. The number of nitrogens with zero attached hydrogens (tertiary/aromatic N) is 2. The van der Waals surface area contributed by atoms with Crippen molar-refractivity contribution in [3.63, 3.8) is 0 Å². The molecule has 0 bridgehead atoms. The van der Waals surface area contributed by atoms with Crippen molar-refractivity contribution < 1.29 is 13.9 Å². The van der Waals surface area contributed by atoms with Gasteiger partial charge in [0.1, 0.15) is 11.3 Å². The standard InChI is InChI=1S/C23H24BrN3O4/c24-17-5-7-18(8-6-17)30-16-22(28)27-13-11-26(12-14-27)10-9-25-20-15-23(29)31-21-4-2-1-3-19(20)21/h1-8,15,25H,9-14,16H2. The van der Waals surface area contributed by atoms with Crippen LogP contribution in [-0.4, -0.2) is 61.6 Å². The van der Waals surface area contributed by atoms with Gasteiger partial charge in [-0.15, -0.1) is 0 Å². The summed E-state index contributed by atoms with van der Waals surface area (Å²) in [5.41, 5.74) is 0.999. The SMILES string of the molecule is O=C(COc1ccc(Br)cc1)N1CCN(CCNc2cc(=O)oc3ccccc23)CC1. The molecule has 3 aromatic rings. The van der Waals surface area contributed by atoms with Crippen molar-refractivity contribution in [3.8, 4) is 5.75 Å². The van der Waals surface area contributed by atoms with Crippen LogP contribution in [0.2, 0.25) is 0 Å². The first kappa shape index (κ1) is 21.4. The number of amides is 1. The predicted octanol–water partition coefficient (Wildman–Crippen LogP) is 3.19. The highest BCUT2D eigenvalue weighted by Gasteiger charge is 2.21. The van der Waals surface area contributed by atoms with Crippen molar-refractivity contribution in [2.45, 2.75) is 0 Å². The molecule has 0 atom stereocenters. The summed E-state index contributed by atoms with van der Waals surface area (Å²) in [6.07, 6.45) is 0. The molecule has 0 radical (unpaired) electrons. The summed E-state index contributed by atoms with van der Waals surface area (Å²) in [6, 6.07) is 16.4. The number of hydrogen-bond donors (Lipinski definition) is 1. The number of anilines is 1. The summed E-state index contributed by atoms with van der Waals surface area (Å²) < 4.78 is 11.8. The molecular weight excluding hydrogens is 462 g/mol. The van der Waals surface area contributed by atoms with Gasteiger partial charge >= 0.3 is 5.63 Å². The Morgan fingerprint density at radius 1 is 1.06 bits per heavy atom. The molecule has 0 spiro atoms. The second-order valence-corrected chi connectivity index (χ2v) is 8.28. The van der Waals surface area contributed by atoms with E-state index in [1.54, 1.807) is 6.07 Å². The number of para-hydroxylation sites is 1. The molecule has 2 heterocycles. The minimum atomic E-state index is -0.362. The lowest BCUT2D eigenvalue weighted by molar-refractivity contribution is -0.135. The molecule has 1 aliphatic heterocycles. The Morgan fingerprint density at radius 2 is 1.81 bits per heavy atom. The van der Waals surface area contributed by atoms with Gasteiger partial charge in [0.25, 0.3) is 5.91 Å². The summed E-state index contributed by atoms with van der Waals surface area (Å²) >= 11 is 3.38. The molecule has 1 aromatic heterocycles. The van der Waals surface area contributed by atoms with Gasteiger partial charge in [-0.3, -0.25) is 9.69 Å². The monoisotopic (exact) mass is 485 g/mol. The molecule has 162 valence electrons. The lowest BCUT2D eigenvalue weighted by Gasteiger charge is -2.34. The first-order valence-corrected chi connectivity index (χ1v) is 11.0. The third-order valence-electron chi connectivity index (χ3n) is 5.29. The maximum atomic E-state index is 12.4. The van der Waals surface area contributed by atoms with Gasteiger partial charge in [-0.25, -0.2) is 4.79 Å². The summed E-state index contributed by atoms with van der Waals surface area (Å²) in [5, 5.41) is 4.24. The van der Waals surface area contributed by atoms with Gasteiger partial charge in [0.05, 0.1) is 5.69 Å². The first-order chi connectivity index (χ1) is 15.1. The number of hydrogen-bond acceptors (Lipinski definition) is 6. The lowest BCUT2D eigenvalue weighted by Crippen LogP contribution is -2.50. The smallest absolute Gasteiger partial charge is 0.338 e. The van der Waals surface area contributed by atoms with Crippen molar-refractivity contribution in [3.05, 3.63) is 69.5 Å². The summed E-state index contributed by atoms with van der Waals surface area (Å²) in [4.78, 5) is 28.3. The molecule has 2 aromatic carbocycles. The Morgan fingerprint density at radius 3 is 2.58 bits per heavy atom. The second-order valence-electron chi connectivity index (χ2n) is 7.37. The van der Waals surface area contributed by atoms with E-state index in [0.29, 0.717) is 31.0 Å². The van der Waals surface area contributed by atoms with E-state index in [9.17, 15) is 9.59 Å². The Kier molecular flexibility index (Phi) is 6.89. The number of benzene rings is 2. The van der Waals surface area contributed by atoms with Crippen molar-refractivity contribution >= 4 is 38.5 Å². The third-order valence-corrected chi connectivity index (χ3v) is 5.82. The largest absolute Gasteiger partial charge is 0.484 e. The summed E-state index contributed by atoms with van der Waals surface area (Å²) in [7, 11) is 0. The van der Waals surface area contributed by atoms with Crippen LogP contribution in [0.1, 0.15) is 0 Å². The van der Waals surface area contributed by atoms with Crippen LogP contribution >= 0.6 is 15.9 Å². The molecule has 1 N–H and O–H groups in total. The molecule has 1 amide bonds. The molecule has 31 heavy (non-hydrogen) atoms. The highest BCUT2D eigenvalue weighted by molar-refractivity contribution is 9.10. The second kappa shape index (κ2) is 9.98. The summed E-state index contributed by atoms with van der Waals surface area (Å²) in [5.74, 6) is 0.687. The van der Waals surface area contributed by atoms with Crippen molar-refractivity contribution in [1.29, 1.82) is 0 Å². The maximum Gasteiger partial charge on any atom is 0.338 e. The quantitative estimate of drug-likeness (QED) is 0.518. The average Bonchev–Trinajstić information content (AvgIpc) is 2.79. The van der Waals surface area contributed by atoms with Gasteiger partial charge in [0.2, 0.25) is 0 Å². The molecule has 1 fully saturated rings. The molecule has 1 aliphatic rings. The van der Waals surface area contributed by atoms with Crippen LogP contribution in [0.5, 0.6) is 5.75 Å². The van der Waals surface area contributed by atoms with Crippen LogP contribution in [0.15, 0.2) is 68.3 Å². The third kappa shape index (κ3) is 5.65. The minimum Gasteiger partial charge on any atom is -0.484 e. The fraction of sp³-hybridized carbons (Fsp3) is 0.304. The molecule has 8 heteroatoms. The Hall–Kier alpha value is -2.84. The predicted molar refractivity (Wildman–Crippen MR) is 124 cm³/mol. The van der Waals surface area contributed by atoms with Crippen LogP contribution in [0.4, 0.5) is 5.69 Å². The van der Waals surface area contributed by atoms with E-state index in [4.69, 9.17) is 9.15 Å². The molecule has 0 saturated carbocycles. The molecule has 7 nitrogen and oxygen atoms in total. The Labute approximate surface area is 188 Å². The number of rotatable bonds is 7. The molecule has 0 unspecified atom stereocenters. The van der Waals surface area contributed by atoms with E-state index in [1.807, 2.05) is 47.4 Å².